The van der Waals surface area contributed by atoms with Gasteiger partial charge in [-0.2, -0.15) is 0 Å². The maximum absolute atomic E-state index is 11.2. The fourth-order valence-electron chi connectivity index (χ4n) is 2.32. The minimum absolute atomic E-state index is 0.460. The van der Waals surface area contributed by atoms with Crippen molar-refractivity contribution in [3.63, 3.8) is 0 Å². The molecule has 5 nitrogen and oxygen atoms in total. The fourth-order valence-corrected chi connectivity index (χ4v) is 2.32. The van der Waals surface area contributed by atoms with E-state index in [1.54, 1.807) is 12.1 Å². The third kappa shape index (κ3) is 2.76. The average Bonchev–Trinajstić information content (AvgIpc) is 2.81. The summed E-state index contributed by atoms with van der Waals surface area (Å²) in [6.07, 6.45) is 2.20. The second kappa shape index (κ2) is 5.36. The standard InChI is InChI=1S/C16H17N3O2/c1-2-3-10-4-6-11(7-5-10)18-13-9-14-15(8-12(13)17)21-16(20)19-14/h4-9,18H,2-3,17H2,1H3,(H,19,20). The molecule has 3 aromatic rings. The van der Waals surface area contributed by atoms with Crippen molar-refractivity contribution in [3.05, 3.63) is 52.5 Å². The Morgan fingerprint density at radius 3 is 2.71 bits per heavy atom. The first-order valence-corrected chi connectivity index (χ1v) is 6.94. The third-order valence-electron chi connectivity index (χ3n) is 3.36. The molecule has 0 bridgehead atoms. The van der Waals surface area contributed by atoms with E-state index >= 15 is 0 Å². The van der Waals surface area contributed by atoms with Crippen molar-refractivity contribution >= 4 is 28.2 Å². The van der Waals surface area contributed by atoms with Crippen molar-refractivity contribution in [1.29, 1.82) is 0 Å². The molecule has 0 saturated heterocycles. The normalized spacial score (nSPS) is 10.9. The number of nitrogens with one attached hydrogen (secondary N) is 2. The van der Waals surface area contributed by atoms with Crippen LogP contribution in [0.15, 0.2) is 45.6 Å². The number of nitrogens with two attached hydrogens (primary N) is 1. The quantitative estimate of drug-likeness (QED) is 0.641. The molecule has 0 fully saturated rings. The number of hydrogen-bond acceptors (Lipinski definition) is 4. The Morgan fingerprint density at radius 2 is 2.00 bits per heavy atom. The zero-order valence-electron chi connectivity index (χ0n) is 11.8. The number of fused-ring (bicyclic) bond motifs is 1. The lowest BCUT2D eigenvalue weighted by Gasteiger charge is -2.10. The van der Waals surface area contributed by atoms with Crippen LogP contribution in [0.1, 0.15) is 18.9 Å². The lowest BCUT2D eigenvalue weighted by Crippen LogP contribution is -1.97. The molecule has 21 heavy (non-hydrogen) atoms. The first kappa shape index (κ1) is 13.3. The van der Waals surface area contributed by atoms with Crippen molar-refractivity contribution in [2.45, 2.75) is 19.8 Å². The average molecular weight is 283 g/mol. The van der Waals surface area contributed by atoms with E-state index in [2.05, 4.69) is 29.4 Å². The number of oxazole rings is 1. The fraction of sp³-hybridized carbons (Fsp3) is 0.188. The summed E-state index contributed by atoms with van der Waals surface area (Å²) in [7, 11) is 0. The number of aryl methyl sites for hydroxylation is 1. The molecule has 0 aliphatic heterocycles. The minimum Gasteiger partial charge on any atom is -0.408 e. The van der Waals surface area contributed by atoms with E-state index < -0.39 is 5.76 Å². The molecule has 0 atom stereocenters. The van der Waals surface area contributed by atoms with Gasteiger partial charge in [0, 0.05) is 11.8 Å². The highest BCUT2D eigenvalue weighted by Crippen LogP contribution is 2.27. The minimum atomic E-state index is -0.481. The van der Waals surface area contributed by atoms with Crippen molar-refractivity contribution in [2.24, 2.45) is 0 Å². The Balaban J connectivity index is 1.89. The van der Waals surface area contributed by atoms with Crippen molar-refractivity contribution < 1.29 is 4.42 Å². The molecule has 0 saturated carbocycles. The van der Waals surface area contributed by atoms with Gasteiger partial charge in [0.25, 0.3) is 0 Å². The van der Waals surface area contributed by atoms with Gasteiger partial charge in [-0.25, -0.2) is 4.79 Å². The Bertz CT molecular complexity index is 816. The molecule has 0 spiro atoms. The van der Waals surface area contributed by atoms with E-state index in [1.165, 1.54) is 5.56 Å². The molecule has 1 aromatic heterocycles. The summed E-state index contributed by atoms with van der Waals surface area (Å²) in [5.74, 6) is -0.481. The second-order valence-electron chi connectivity index (χ2n) is 5.02. The van der Waals surface area contributed by atoms with Gasteiger partial charge in [0.1, 0.15) is 0 Å². The Kier molecular flexibility index (Phi) is 3.39. The first-order valence-electron chi connectivity index (χ1n) is 6.94. The van der Waals surface area contributed by atoms with Crippen molar-refractivity contribution in [3.8, 4) is 0 Å². The predicted molar refractivity (Wildman–Crippen MR) is 85.0 cm³/mol. The van der Waals surface area contributed by atoms with Gasteiger partial charge >= 0.3 is 5.76 Å². The molecule has 1 heterocycles. The maximum atomic E-state index is 11.2. The molecule has 5 heteroatoms. The Morgan fingerprint density at radius 1 is 1.24 bits per heavy atom. The molecule has 0 aliphatic carbocycles. The summed E-state index contributed by atoms with van der Waals surface area (Å²) >= 11 is 0. The molecular formula is C16H17N3O2. The predicted octanol–water partition coefficient (Wildman–Crippen LogP) is 3.40. The van der Waals surface area contributed by atoms with Gasteiger partial charge in [-0.3, -0.25) is 4.98 Å². The topological polar surface area (TPSA) is 84.0 Å². The van der Waals surface area contributed by atoms with Crippen molar-refractivity contribution in [1.82, 2.24) is 4.98 Å². The van der Waals surface area contributed by atoms with E-state index in [4.69, 9.17) is 10.2 Å². The van der Waals surface area contributed by atoms with Crippen LogP contribution < -0.4 is 16.8 Å². The molecule has 2 aromatic carbocycles. The first-order chi connectivity index (χ1) is 10.2. The van der Waals surface area contributed by atoms with Gasteiger partial charge in [0.2, 0.25) is 0 Å². The van der Waals surface area contributed by atoms with Crippen LogP contribution in [-0.2, 0) is 6.42 Å². The van der Waals surface area contributed by atoms with Crippen LogP contribution in [0.2, 0.25) is 0 Å². The summed E-state index contributed by atoms with van der Waals surface area (Å²) < 4.78 is 4.98. The second-order valence-corrected chi connectivity index (χ2v) is 5.02. The van der Waals surface area contributed by atoms with Gasteiger partial charge in [-0.15, -0.1) is 0 Å². The Hall–Kier alpha value is -2.69. The Labute approximate surface area is 121 Å². The SMILES string of the molecule is CCCc1ccc(Nc2cc3[nH]c(=O)oc3cc2N)cc1. The van der Waals surface area contributed by atoms with Crippen LogP contribution in [-0.4, -0.2) is 4.98 Å². The van der Waals surface area contributed by atoms with Gasteiger partial charge < -0.3 is 15.5 Å². The van der Waals surface area contributed by atoms with Crippen LogP contribution in [0.4, 0.5) is 17.1 Å². The molecule has 4 N–H and O–H groups in total. The third-order valence-corrected chi connectivity index (χ3v) is 3.36. The smallest absolute Gasteiger partial charge is 0.408 e. The highest BCUT2D eigenvalue weighted by atomic mass is 16.4. The van der Waals surface area contributed by atoms with E-state index in [-0.39, 0.29) is 0 Å². The van der Waals surface area contributed by atoms with Gasteiger partial charge in [-0.05, 0) is 30.2 Å². The van der Waals surface area contributed by atoms with E-state index in [9.17, 15) is 4.79 Å². The summed E-state index contributed by atoms with van der Waals surface area (Å²) in [6, 6.07) is 11.6. The zero-order valence-corrected chi connectivity index (χ0v) is 11.8. The zero-order chi connectivity index (χ0) is 14.8. The largest absolute Gasteiger partial charge is 0.417 e. The van der Waals surface area contributed by atoms with E-state index in [1.807, 2.05) is 12.1 Å². The van der Waals surface area contributed by atoms with Crippen LogP contribution in [0, 0.1) is 0 Å². The number of anilines is 3. The lowest BCUT2D eigenvalue weighted by atomic mass is 10.1. The maximum Gasteiger partial charge on any atom is 0.417 e. The van der Waals surface area contributed by atoms with Crippen molar-refractivity contribution in [2.75, 3.05) is 11.1 Å². The summed E-state index contributed by atoms with van der Waals surface area (Å²) in [6.45, 7) is 2.16. The van der Waals surface area contributed by atoms with Crippen LogP contribution in [0.3, 0.4) is 0 Å². The van der Waals surface area contributed by atoms with Crippen LogP contribution >= 0.6 is 0 Å². The molecule has 108 valence electrons. The number of aromatic nitrogens is 1. The summed E-state index contributed by atoms with van der Waals surface area (Å²) in [4.78, 5) is 13.8. The number of rotatable bonds is 4. The number of hydrogen-bond donors (Lipinski definition) is 3. The molecule has 0 aliphatic rings. The highest BCUT2D eigenvalue weighted by Gasteiger charge is 2.07. The summed E-state index contributed by atoms with van der Waals surface area (Å²) in [5, 5.41) is 3.25. The number of nitrogen functional groups attached to an aromatic ring is 1. The number of H-pyrrole nitrogens is 1. The van der Waals surface area contributed by atoms with E-state index in [0.29, 0.717) is 16.8 Å². The molecule has 3 rings (SSSR count). The van der Waals surface area contributed by atoms with Crippen LogP contribution in [0.5, 0.6) is 0 Å². The summed E-state index contributed by atoms with van der Waals surface area (Å²) in [5.41, 5.74) is 10.6. The monoisotopic (exact) mass is 283 g/mol. The molecule has 0 unspecified atom stereocenters. The highest BCUT2D eigenvalue weighted by molar-refractivity contribution is 5.87. The molecule has 0 radical (unpaired) electrons. The number of aromatic amines is 1. The molecular weight excluding hydrogens is 266 g/mol. The lowest BCUT2D eigenvalue weighted by molar-refractivity contribution is 0.555. The van der Waals surface area contributed by atoms with Gasteiger partial charge in [0.05, 0.1) is 16.9 Å². The van der Waals surface area contributed by atoms with Gasteiger partial charge in [0.15, 0.2) is 5.58 Å². The van der Waals surface area contributed by atoms with E-state index in [0.717, 1.165) is 24.2 Å². The van der Waals surface area contributed by atoms with Gasteiger partial charge in [-0.1, -0.05) is 25.5 Å². The van der Waals surface area contributed by atoms with Crippen LogP contribution in [0.25, 0.3) is 11.1 Å². The number of benzene rings is 2. The molecule has 0 amide bonds.